The number of esters is 1. The molecule has 0 saturated heterocycles. The van der Waals surface area contributed by atoms with Gasteiger partial charge in [0.05, 0.1) is 0 Å². The van der Waals surface area contributed by atoms with Crippen LogP contribution in [0.1, 0.15) is 71.8 Å². The van der Waals surface area contributed by atoms with Crippen LogP contribution in [0.5, 0.6) is 0 Å². The van der Waals surface area contributed by atoms with Crippen LogP contribution in [0.4, 0.5) is 0 Å². The lowest BCUT2D eigenvalue weighted by atomic mass is 9.64. The third kappa shape index (κ3) is 4.71. The van der Waals surface area contributed by atoms with Gasteiger partial charge in [0, 0.05) is 12.3 Å². The highest BCUT2D eigenvalue weighted by Crippen LogP contribution is 2.44. The predicted molar refractivity (Wildman–Crippen MR) is 117 cm³/mol. The summed E-state index contributed by atoms with van der Waals surface area (Å²) in [6, 6.07) is 10.5. The molecule has 0 unspecified atom stereocenters. The van der Waals surface area contributed by atoms with Crippen molar-refractivity contribution in [1.29, 1.82) is 0 Å². The lowest BCUT2D eigenvalue weighted by Crippen LogP contribution is -2.43. The number of ether oxygens (including phenoxy) is 1. The molecule has 3 nitrogen and oxygen atoms in total. The van der Waals surface area contributed by atoms with Gasteiger partial charge in [0.15, 0.2) is 5.78 Å². The predicted octanol–water partition coefficient (Wildman–Crippen LogP) is 5.94. The first-order valence-electron chi connectivity index (χ1n) is 11.0. The van der Waals surface area contributed by atoms with E-state index in [2.05, 4.69) is 45.0 Å². The Morgan fingerprint density at radius 2 is 1.90 bits per heavy atom. The third-order valence-corrected chi connectivity index (χ3v) is 6.74. The maximum absolute atomic E-state index is 13.1. The molecule has 0 N–H and O–H groups in total. The van der Waals surface area contributed by atoms with Crippen LogP contribution in [0.3, 0.4) is 0 Å². The fourth-order valence-electron chi connectivity index (χ4n) is 4.91. The number of allylic oxidation sites excluding steroid dienone is 3. The van der Waals surface area contributed by atoms with Gasteiger partial charge in [0.1, 0.15) is 11.7 Å². The molecule has 3 rings (SSSR count). The zero-order chi connectivity index (χ0) is 21.0. The van der Waals surface area contributed by atoms with E-state index in [1.807, 2.05) is 25.1 Å². The van der Waals surface area contributed by atoms with E-state index in [9.17, 15) is 9.59 Å². The van der Waals surface area contributed by atoms with Crippen LogP contribution in [-0.4, -0.2) is 17.9 Å². The van der Waals surface area contributed by atoms with Crippen molar-refractivity contribution in [2.75, 3.05) is 0 Å². The van der Waals surface area contributed by atoms with Gasteiger partial charge in [-0.15, -0.1) is 0 Å². The molecule has 0 amide bonds. The van der Waals surface area contributed by atoms with E-state index in [1.165, 1.54) is 5.56 Å². The minimum absolute atomic E-state index is 0.0755. The quantitative estimate of drug-likeness (QED) is 0.443. The van der Waals surface area contributed by atoms with E-state index in [1.54, 1.807) is 0 Å². The second-order valence-corrected chi connectivity index (χ2v) is 9.19. The van der Waals surface area contributed by atoms with Crippen LogP contribution in [0.25, 0.3) is 0 Å². The zero-order valence-electron chi connectivity index (χ0n) is 18.2. The van der Waals surface area contributed by atoms with E-state index >= 15 is 0 Å². The van der Waals surface area contributed by atoms with Gasteiger partial charge in [0.2, 0.25) is 0 Å². The Bertz CT molecular complexity index is 801. The Kier molecular flexibility index (Phi) is 6.77. The Hall–Kier alpha value is -2.16. The van der Waals surface area contributed by atoms with Crippen LogP contribution in [0.15, 0.2) is 53.6 Å². The first-order chi connectivity index (χ1) is 13.8. The second kappa shape index (κ2) is 9.11. The first kappa shape index (κ1) is 21.5. The molecule has 0 bridgehead atoms. The van der Waals surface area contributed by atoms with Crippen molar-refractivity contribution in [2.45, 2.75) is 77.7 Å². The maximum Gasteiger partial charge on any atom is 0.342 e. The minimum Gasteiger partial charge on any atom is -0.458 e. The summed E-state index contributed by atoms with van der Waals surface area (Å²) in [4.78, 5) is 25.5. The second-order valence-electron chi connectivity index (χ2n) is 9.19. The Morgan fingerprint density at radius 3 is 2.59 bits per heavy atom. The molecule has 1 aromatic rings. The van der Waals surface area contributed by atoms with Crippen LogP contribution < -0.4 is 0 Å². The number of ketones is 1. The number of Topliss-reactive ketones (excluding diaryl/α,β-unsaturated/α-hetero) is 1. The molecule has 1 fully saturated rings. The minimum atomic E-state index is -0.420. The topological polar surface area (TPSA) is 43.4 Å². The van der Waals surface area contributed by atoms with Crippen molar-refractivity contribution >= 4 is 11.8 Å². The summed E-state index contributed by atoms with van der Waals surface area (Å²) < 4.78 is 6.10. The van der Waals surface area contributed by atoms with Gasteiger partial charge in [-0.3, -0.25) is 4.79 Å². The fraction of sp³-hybridized carbons (Fsp3) is 0.538. The van der Waals surface area contributed by atoms with Crippen molar-refractivity contribution < 1.29 is 14.3 Å². The van der Waals surface area contributed by atoms with Crippen molar-refractivity contribution in [1.82, 2.24) is 0 Å². The van der Waals surface area contributed by atoms with Gasteiger partial charge in [-0.1, -0.05) is 76.6 Å². The van der Waals surface area contributed by atoms with Crippen LogP contribution in [-0.2, 0) is 19.7 Å². The maximum atomic E-state index is 13.1. The molecule has 3 atom stereocenters. The lowest BCUT2D eigenvalue weighted by Gasteiger charge is -2.44. The first-order valence-corrected chi connectivity index (χ1v) is 11.0. The van der Waals surface area contributed by atoms with Gasteiger partial charge in [-0.2, -0.15) is 0 Å². The summed E-state index contributed by atoms with van der Waals surface area (Å²) in [5.41, 5.74) is 2.28. The van der Waals surface area contributed by atoms with E-state index in [-0.39, 0.29) is 28.8 Å². The van der Waals surface area contributed by atoms with Gasteiger partial charge in [-0.05, 0) is 48.2 Å². The molecule has 1 saturated carbocycles. The molecular formula is C26H34O3. The Morgan fingerprint density at radius 1 is 1.17 bits per heavy atom. The average molecular weight is 395 g/mol. The summed E-state index contributed by atoms with van der Waals surface area (Å²) in [6.07, 6.45) is 8.72. The molecule has 0 aromatic heterocycles. The van der Waals surface area contributed by atoms with E-state index < -0.39 is 5.97 Å². The standard InChI is InChI=1S/C26H34O3/c1-5-6-10-19-14-16-22(27)24(19)25(28)29-23-17-18(2)13-15-21(23)26(3,4)20-11-8-7-9-12-20/h6-12,18,21,23H,5,13-17H2,1-4H3/b10-6+/t18-,21-,23-/m1/s1. The fourth-order valence-corrected chi connectivity index (χ4v) is 4.91. The number of hydrogen-bond donors (Lipinski definition) is 0. The van der Waals surface area contributed by atoms with Crippen molar-refractivity contribution in [2.24, 2.45) is 11.8 Å². The molecule has 3 heteroatoms. The summed E-state index contributed by atoms with van der Waals surface area (Å²) in [5, 5.41) is 0. The normalized spacial score (nSPS) is 25.7. The number of carbonyl (C=O) groups is 2. The molecule has 0 heterocycles. The van der Waals surface area contributed by atoms with Gasteiger partial charge in [0.25, 0.3) is 0 Å². The number of hydrogen-bond acceptors (Lipinski definition) is 3. The number of rotatable bonds is 6. The molecule has 156 valence electrons. The third-order valence-electron chi connectivity index (χ3n) is 6.74. The summed E-state index contributed by atoms with van der Waals surface area (Å²) in [7, 11) is 0. The van der Waals surface area contributed by atoms with Gasteiger partial charge >= 0.3 is 5.97 Å². The summed E-state index contributed by atoms with van der Waals surface area (Å²) >= 11 is 0. The molecule has 2 aliphatic rings. The smallest absolute Gasteiger partial charge is 0.342 e. The molecule has 29 heavy (non-hydrogen) atoms. The van der Waals surface area contributed by atoms with Crippen molar-refractivity contribution in [3.8, 4) is 0 Å². The zero-order valence-corrected chi connectivity index (χ0v) is 18.2. The monoisotopic (exact) mass is 394 g/mol. The summed E-state index contributed by atoms with van der Waals surface area (Å²) in [5.74, 6) is 0.254. The highest BCUT2D eigenvalue weighted by atomic mass is 16.5. The molecular weight excluding hydrogens is 360 g/mol. The molecule has 1 aromatic carbocycles. The molecule has 0 radical (unpaired) electrons. The van der Waals surface area contributed by atoms with Gasteiger partial charge < -0.3 is 4.74 Å². The van der Waals surface area contributed by atoms with Crippen LogP contribution in [0.2, 0.25) is 0 Å². The highest BCUT2D eigenvalue weighted by Gasteiger charge is 2.43. The van der Waals surface area contributed by atoms with Crippen molar-refractivity contribution in [3.05, 3.63) is 59.2 Å². The highest BCUT2D eigenvalue weighted by molar-refractivity contribution is 6.20. The number of carbonyl (C=O) groups excluding carboxylic acids is 2. The van der Waals surface area contributed by atoms with Crippen LogP contribution in [0, 0.1) is 11.8 Å². The molecule has 0 spiro atoms. The largest absolute Gasteiger partial charge is 0.458 e. The van der Waals surface area contributed by atoms with E-state index in [4.69, 9.17) is 4.74 Å². The van der Waals surface area contributed by atoms with Crippen LogP contribution >= 0.6 is 0 Å². The van der Waals surface area contributed by atoms with Gasteiger partial charge in [-0.25, -0.2) is 4.79 Å². The average Bonchev–Trinajstić information content (AvgIpc) is 3.07. The van der Waals surface area contributed by atoms with Crippen molar-refractivity contribution in [3.63, 3.8) is 0 Å². The SMILES string of the molecule is CC/C=C/C1=C(C(=O)O[C@@H]2C[C@H](C)CC[C@H]2C(C)(C)c2ccccc2)C(=O)CC1. The lowest BCUT2D eigenvalue weighted by molar-refractivity contribution is -0.152. The molecule has 0 aliphatic heterocycles. The Balaban J connectivity index is 1.85. The van der Waals surface area contributed by atoms with E-state index in [0.717, 1.165) is 31.3 Å². The summed E-state index contributed by atoms with van der Waals surface area (Å²) in [6.45, 7) is 8.77. The Labute approximate surface area is 175 Å². The number of benzene rings is 1. The van der Waals surface area contributed by atoms with E-state index in [0.29, 0.717) is 18.8 Å². The molecule has 2 aliphatic carbocycles.